The van der Waals surface area contributed by atoms with Crippen molar-refractivity contribution in [2.75, 3.05) is 37.7 Å². The SMILES string of the molecule is CCN(CC)CCN(C(=O)CCOc1ccccc1)c1nc2cc(C)c(C)cc2s1. The zero-order valence-electron chi connectivity index (χ0n) is 18.4. The fourth-order valence-electron chi connectivity index (χ4n) is 3.30. The van der Waals surface area contributed by atoms with Gasteiger partial charge in [-0.1, -0.05) is 43.4 Å². The fraction of sp³-hybridized carbons (Fsp3) is 0.417. The number of hydrogen-bond acceptors (Lipinski definition) is 5. The Kier molecular flexibility index (Phi) is 7.82. The van der Waals surface area contributed by atoms with Crippen LogP contribution < -0.4 is 9.64 Å². The average Bonchev–Trinajstić information content (AvgIpc) is 3.14. The Morgan fingerprint density at radius 2 is 1.73 bits per heavy atom. The quantitative estimate of drug-likeness (QED) is 0.456. The van der Waals surface area contributed by atoms with Crippen LogP contribution in [0, 0.1) is 13.8 Å². The molecule has 30 heavy (non-hydrogen) atoms. The number of para-hydroxylation sites is 1. The molecule has 0 unspecified atom stereocenters. The highest BCUT2D eigenvalue weighted by Crippen LogP contribution is 2.31. The van der Waals surface area contributed by atoms with E-state index in [0.29, 0.717) is 19.6 Å². The molecule has 0 atom stereocenters. The Morgan fingerprint density at radius 3 is 2.43 bits per heavy atom. The Hall–Kier alpha value is -2.44. The van der Waals surface area contributed by atoms with E-state index in [1.807, 2.05) is 35.2 Å². The van der Waals surface area contributed by atoms with Gasteiger partial charge in [-0.05, 0) is 62.3 Å². The second-order valence-electron chi connectivity index (χ2n) is 7.38. The van der Waals surface area contributed by atoms with Gasteiger partial charge in [-0.2, -0.15) is 0 Å². The topological polar surface area (TPSA) is 45.7 Å². The molecule has 160 valence electrons. The van der Waals surface area contributed by atoms with Crippen LogP contribution in [0.25, 0.3) is 10.2 Å². The molecule has 0 bridgehead atoms. The molecule has 3 rings (SSSR count). The lowest BCUT2D eigenvalue weighted by molar-refractivity contribution is -0.119. The van der Waals surface area contributed by atoms with Crippen LogP contribution in [0.5, 0.6) is 5.75 Å². The fourth-order valence-corrected chi connectivity index (χ4v) is 4.39. The Bertz CT molecular complexity index is 928. The molecule has 1 heterocycles. The monoisotopic (exact) mass is 425 g/mol. The van der Waals surface area contributed by atoms with E-state index in [9.17, 15) is 4.79 Å². The standard InChI is InChI=1S/C24H31N3O2S/c1-5-26(6-2)13-14-27(23(28)12-15-29-20-10-8-7-9-11-20)24-25-21-16-18(3)19(4)17-22(21)30-24/h7-11,16-17H,5-6,12-15H2,1-4H3. The molecule has 0 N–H and O–H groups in total. The number of amides is 1. The molecule has 0 aliphatic carbocycles. The van der Waals surface area contributed by atoms with Crippen LogP contribution in [0.15, 0.2) is 42.5 Å². The average molecular weight is 426 g/mol. The maximum Gasteiger partial charge on any atom is 0.232 e. The summed E-state index contributed by atoms with van der Waals surface area (Å²) in [7, 11) is 0. The van der Waals surface area contributed by atoms with E-state index in [1.165, 1.54) is 11.1 Å². The summed E-state index contributed by atoms with van der Waals surface area (Å²) in [5.41, 5.74) is 3.42. The molecule has 6 heteroatoms. The van der Waals surface area contributed by atoms with Gasteiger partial charge in [0, 0.05) is 13.1 Å². The molecule has 0 aliphatic heterocycles. The summed E-state index contributed by atoms with van der Waals surface area (Å²) in [4.78, 5) is 22.1. The molecule has 1 aromatic heterocycles. The van der Waals surface area contributed by atoms with Crippen molar-refractivity contribution < 1.29 is 9.53 Å². The molecule has 1 amide bonds. The smallest absolute Gasteiger partial charge is 0.232 e. The number of aryl methyl sites for hydroxylation is 2. The van der Waals surface area contributed by atoms with Gasteiger partial charge in [-0.3, -0.25) is 9.69 Å². The van der Waals surface area contributed by atoms with E-state index >= 15 is 0 Å². The minimum atomic E-state index is 0.0468. The number of anilines is 1. The number of nitrogens with zero attached hydrogens (tertiary/aromatic N) is 3. The Labute approximate surface area is 183 Å². The van der Waals surface area contributed by atoms with Gasteiger partial charge in [-0.15, -0.1) is 0 Å². The first kappa shape index (κ1) is 22.2. The van der Waals surface area contributed by atoms with Crippen LogP contribution >= 0.6 is 11.3 Å². The van der Waals surface area contributed by atoms with Gasteiger partial charge < -0.3 is 9.64 Å². The molecular formula is C24H31N3O2S. The van der Waals surface area contributed by atoms with Crippen molar-refractivity contribution in [1.29, 1.82) is 0 Å². The third-order valence-corrected chi connectivity index (χ3v) is 6.43. The van der Waals surface area contributed by atoms with Crippen molar-refractivity contribution in [3.8, 4) is 5.75 Å². The highest BCUT2D eigenvalue weighted by atomic mass is 32.1. The van der Waals surface area contributed by atoms with Crippen molar-refractivity contribution in [2.45, 2.75) is 34.1 Å². The summed E-state index contributed by atoms with van der Waals surface area (Å²) in [6.07, 6.45) is 0.321. The molecule has 0 radical (unpaired) electrons. The van der Waals surface area contributed by atoms with Gasteiger partial charge in [0.25, 0.3) is 0 Å². The number of carbonyl (C=O) groups is 1. The predicted octanol–water partition coefficient (Wildman–Crippen LogP) is 5.06. The van der Waals surface area contributed by atoms with Gasteiger partial charge >= 0.3 is 0 Å². The second kappa shape index (κ2) is 10.5. The third kappa shape index (κ3) is 5.58. The van der Waals surface area contributed by atoms with Crippen molar-refractivity contribution in [2.24, 2.45) is 0 Å². The molecule has 0 spiro atoms. The normalized spacial score (nSPS) is 11.2. The molecule has 0 saturated heterocycles. The van der Waals surface area contributed by atoms with Crippen LogP contribution in [0.2, 0.25) is 0 Å². The van der Waals surface area contributed by atoms with Crippen LogP contribution in [-0.4, -0.2) is 48.6 Å². The molecule has 5 nitrogen and oxygen atoms in total. The number of aromatic nitrogens is 1. The lowest BCUT2D eigenvalue weighted by Crippen LogP contribution is -2.39. The number of hydrogen-bond donors (Lipinski definition) is 0. The molecular weight excluding hydrogens is 394 g/mol. The Morgan fingerprint density at radius 1 is 1.03 bits per heavy atom. The highest BCUT2D eigenvalue weighted by Gasteiger charge is 2.20. The zero-order chi connectivity index (χ0) is 21.5. The van der Waals surface area contributed by atoms with E-state index < -0.39 is 0 Å². The first-order valence-corrected chi connectivity index (χ1v) is 11.4. The number of thiazole rings is 1. The first-order chi connectivity index (χ1) is 14.5. The van der Waals surface area contributed by atoms with Crippen LogP contribution in [0.4, 0.5) is 5.13 Å². The van der Waals surface area contributed by atoms with E-state index in [-0.39, 0.29) is 5.91 Å². The number of carbonyl (C=O) groups excluding carboxylic acids is 1. The second-order valence-corrected chi connectivity index (χ2v) is 8.39. The van der Waals surface area contributed by atoms with Gasteiger partial charge in [0.05, 0.1) is 23.2 Å². The number of rotatable bonds is 10. The number of ether oxygens (including phenoxy) is 1. The predicted molar refractivity (Wildman–Crippen MR) is 126 cm³/mol. The van der Waals surface area contributed by atoms with Gasteiger partial charge in [0.1, 0.15) is 5.75 Å². The maximum absolute atomic E-state index is 13.1. The first-order valence-electron chi connectivity index (χ1n) is 10.6. The maximum atomic E-state index is 13.1. The lowest BCUT2D eigenvalue weighted by Gasteiger charge is -2.24. The van der Waals surface area contributed by atoms with Gasteiger partial charge in [-0.25, -0.2) is 4.98 Å². The summed E-state index contributed by atoms with van der Waals surface area (Å²) in [6, 6.07) is 13.9. The minimum absolute atomic E-state index is 0.0468. The number of fused-ring (bicyclic) bond motifs is 1. The van der Waals surface area contributed by atoms with E-state index in [1.54, 1.807) is 11.3 Å². The Balaban J connectivity index is 1.76. The van der Waals surface area contributed by atoms with Crippen molar-refractivity contribution in [1.82, 2.24) is 9.88 Å². The number of benzene rings is 2. The van der Waals surface area contributed by atoms with E-state index in [0.717, 1.165) is 40.7 Å². The van der Waals surface area contributed by atoms with Crippen LogP contribution in [0.1, 0.15) is 31.4 Å². The zero-order valence-corrected chi connectivity index (χ0v) is 19.2. The summed E-state index contributed by atoms with van der Waals surface area (Å²) >= 11 is 1.59. The third-order valence-electron chi connectivity index (χ3n) is 5.39. The molecule has 3 aromatic rings. The van der Waals surface area contributed by atoms with Crippen molar-refractivity contribution >= 4 is 32.6 Å². The summed E-state index contributed by atoms with van der Waals surface area (Å²) in [5.74, 6) is 0.830. The van der Waals surface area contributed by atoms with Gasteiger partial charge in [0.2, 0.25) is 5.91 Å². The summed E-state index contributed by atoms with van der Waals surface area (Å²) in [6.45, 7) is 12.2. The van der Waals surface area contributed by atoms with Crippen molar-refractivity contribution in [3.63, 3.8) is 0 Å². The van der Waals surface area contributed by atoms with Crippen LogP contribution in [-0.2, 0) is 4.79 Å². The van der Waals surface area contributed by atoms with Crippen molar-refractivity contribution in [3.05, 3.63) is 53.6 Å². The molecule has 0 fully saturated rings. The summed E-state index contributed by atoms with van der Waals surface area (Å²) in [5, 5.41) is 0.770. The number of likely N-dealkylation sites (N-methyl/N-ethyl adjacent to an activating group) is 1. The lowest BCUT2D eigenvalue weighted by atomic mass is 10.1. The van der Waals surface area contributed by atoms with E-state index in [2.05, 4.69) is 44.7 Å². The molecule has 0 saturated carbocycles. The summed E-state index contributed by atoms with van der Waals surface area (Å²) < 4.78 is 6.87. The van der Waals surface area contributed by atoms with Gasteiger partial charge in [0.15, 0.2) is 5.13 Å². The van der Waals surface area contributed by atoms with E-state index in [4.69, 9.17) is 9.72 Å². The molecule has 2 aromatic carbocycles. The van der Waals surface area contributed by atoms with Crippen LogP contribution in [0.3, 0.4) is 0 Å². The highest BCUT2D eigenvalue weighted by molar-refractivity contribution is 7.22. The largest absolute Gasteiger partial charge is 0.493 e. The molecule has 0 aliphatic rings. The minimum Gasteiger partial charge on any atom is -0.493 e.